The van der Waals surface area contributed by atoms with E-state index in [2.05, 4.69) is 5.32 Å². The quantitative estimate of drug-likeness (QED) is 0.916. The molecule has 1 atom stereocenters. The van der Waals surface area contributed by atoms with Gasteiger partial charge in [-0.15, -0.1) is 11.8 Å². The fourth-order valence-corrected chi connectivity index (χ4v) is 3.63. The number of nitrogens with zero attached hydrogens (tertiary/aromatic N) is 1. The van der Waals surface area contributed by atoms with E-state index in [-0.39, 0.29) is 17.4 Å². The summed E-state index contributed by atoms with van der Waals surface area (Å²) in [6, 6.07) is 6.96. The van der Waals surface area contributed by atoms with Gasteiger partial charge in [0.05, 0.1) is 12.5 Å². The molecule has 1 aliphatic rings. The molecule has 2 amide bonds. The van der Waals surface area contributed by atoms with Gasteiger partial charge in [-0.1, -0.05) is 18.2 Å². The van der Waals surface area contributed by atoms with E-state index in [1.807, 2.05) is 39.0 Å². The van der Waals surface area contributed by atoms with Crippen LogP contribution < -0.4 is 5.32 Å². The van der Waals surface area contributed by atoms with E-state index in [0.717, 1.165) is 5.56 Å². The summed E-state index contributed by atoms with van der Waals surface area (Å²) in [6.45, 7) is 6.19. The summed E-state index contributed by atoms with van der Waals surface area (Å²) in [7, 11) is 1.60. The average Bonchev–Trinajstić information content (AvgIpc) is 2.95. The number of hydrogen-bond donors (Lipinski definition) is 1. The van der Waals surface area contributed by atoms with Gasteiger partial charge in [0.2, 0.25) is 5.91 Å². The SMILES string of the molecule is COCc1ccccc1C(=O)N1CSCC1C(=O)NC(C)(C)C. The minimum Gasteiger partial charge on any atom is -0.380 e. The maximum Gasteiger partial charge on any atom is 0.255 e. The van der Waals surface area contributed by atoms with E-state index in [1.54, 1.807) is 29.8 Å². The van der Waals surface area contributed by atoms with Crippen LogP contribution in [0, 0.1) is 0 Å². The Labute approximate surface area is 141 Å². The maximum atomic E-state index is 12.9. The van der Waals surface area contributed by atoms with Crippen LogP contribution in [0.3, 0.4) is 0 Å². The first-order valence-corrected chi connectivity index (χ1v) is 8.76. The summed E-state index contributed by atoms with van der Waals surface area (Å²) >= 11 is 1.60. The summed E-state index contributed by atoms with van der Waals surface area (Å²) < 4.78 is 5.17. The lowest BCUT2D eigenvalue weighted by Crippen LogP contribution is -2.52. The molecule has 126 valence electrons. The molecule has 1 heterocycles. The molecule has 2 rings (SSSR count). The summed E-state index contributed by atoms with van der Waals surface area (Å²) in [5.74, 6) is 0.944. The van der Waals surface area contributed by atoms with Crippen molar-refractivity contribution < 1.29 is 14.3 Å². The second-order valence-corrected chi connectivity index (χ2v) is 7.62. The van der Waals surface area contributed by atoms with Crippen molar-refractivity contribution in [2.24, 2.45) is 0 Å². The third-order valence-corrected chi connectivity index (χ3v) is 4.50. The first-order valence-electron chi connectivity index (χ1n) is 7.61. The summed E-state index contributed by atoms with van der Waals surface area (Å²) in [6.07, 6.45) is 0. The van der Waals surface area contributed by atoms with E-state index in [0.29, 0.717) is 23.8 Å². The van der Waals surface area contributed by atoms with Gasteiger partial charge < -0.3 is 15.0 Å². The molecule has 1 saturated heterocycles. The Balaban J connectivity index is 2.20. The van der Waals surface area contributed by atoms with Crippen LogP contribution in [-0.2, 0) is 16.1 Å². The van der Waals surface area contributed by atoms with Crippen molar-refractivity contribution in [3.8, 4) is 0 Å². The van der Waals surface area contributed by atoms with Crippen LogP contribution in [0.15, 0.2) is 24.3 Å². The van der Waals surface area contributed by atoms with Gasteiger partial charge >= 0.3 is 0 Å². The first kappa shape index (κ1) is 17.8. The fourth-order valence-electron chi connectivity index (χ4n) is 2.48. The maximum absolute atomic E-state index is 12.9. The molecular formula is C17H24N2O3S. The normalized spacial score (nSPS) is 18.1. The molecule has 0 saturated carbocycles. The lowest BCUT2D eigenvalue weighted by Gasteiger charge is -2.28. The van der Waals surface area contributed by atoms with Gasteiger partial charge in [-0.2, -0.15) is 0 Å². The predicted octanol–water partition coefficient (Wildman–Crippen LogP) is 2.26. The Morgan fingerprint density at radius 2 is 2.04 bits per heavy atom. The smallest absolute Gasteiger partial charge is 0.255 e. The average molecular weight is 336 g/mol. The molecule has 1 aliphatic heterocycles. The van der Waals surface area contributed by atoms with E-state index < -0.39 is 6.04 Å². The van der Waals surface area contributed by atoms with Gasteiger partial charge in [0.25, 0.3) is 5.91 Å². The Bertz CT molecular complexity index is 583. The molecule has 0 bridgehead atoms. The number of amides is 2. The molecule has 5 nitrogen and oxygen atoms in total. The van der Waals surface area contributed by atoms with Gasteiger partial charge in [0, 0.05) is 24.0 Å². The second-order valence-electron chi connectivity index (χ2n) is 6.62. The zero-order chi connectivity index (χ0) is 17.0. The molecule has 0 radical (unpaired) electrons. The Hall–Kier alpha value is -1.53. The lowest BCUT2D eigenvalue weighted by molar-refractivity contribution is -0.125. The first-order chi connectivity index (χ1) is 10.8. The summed E-state index contributed by atoms with van der Waals surface area (Å²) in [5, 5.41) is 2.97. The van der Waals surface area contributed by atoms with Crippen molar-refractivity contribution in [3.63, 3.8) is 0 Å². The second kappa shape index (κ2) is 7.36. The van der Waals surface area contributed by atoms with E-state index in [1.165, 1.54) is 0 Å². The molecule has 23 heavy (non-hydrogen) atoms. The van der Waals surface area contributed by atoms with Crippen LogP contribution in [0.25, 0.3) is 0 Å². The largest absolute Gasteiger partial charge is 0.380 e. The van der Waals surface area contributed by atoms with Crippen molar-refractivity contribution in [2.45, 2.75) is 39.0 Å². The van der Waals surface area contributed by atoms with Gasteiger partial charge in [0.15, 0.2) is 0 Å². The molecular weight excluding hydrogens is 312 g/mol. The van der Waals surface area contributed by atoms with Crippen molar-refractivity contribution in [1.29, 1.82) is 0 Å². The van der Waals surface area contributed by atoms with Gasteiger partial charge in [-0.3, -0.25) is 9.59 Å². The topological polar surface area (TPSA) is 58.6 Å². The van der Waals surface area contributed by atoms with Crippen LogP contribution in [0.4, 0.5) is 0 Å². The molecule has 0 aromatic heterocycles. The molecule has 1 fully saturated rings. The highest BCUT2D eigenvalue weighted by molar-refractivity contribution is 7.99. The molecule has 6 heteroatoms. The third kappa shape index (κ3) is 4.48. The molecule has 1 N–H and O–H groups in total. The monoisotopic (exact) mass is 336 g/mol. The Morgan fingerprint density at radius 3 is 2.70 bits per heavy atom. The molecule has 1 aromatic carbocycles. The Kier molecular flexibility index (Phi) is 5.70. The van der Waals surface area contributed by atoms with Crippen molar-refractivity contribution in [2.75, 3.05) is 18.7 Å². The Morgan fingerprint density at radius 1 is 1.35 bits per heavy atom. The number of carbonyl (C=O) groups is 2. The van der Waals surface area contributed by atoms with Crippen LogP contribution in [0.5, 0.6) is 0 Å². The van der Waals surface area contributed by atoms with Crippen LogP contribution in [0.2, 0.25) is 0 Å². The highest BCUT2D eigenvalue weighted by Crippen LogP contribution is 2.25. The van der Waals surface area contributed by atoms with E-state index >= 15 is 0 Å². The van der Waals surface area contributed by atoms with Crippen molar-refractivity contribution in [3.05, 3.63) is 35.4 Å². The van der Waals surface area contributed by atoms with E-state index in [4.69, 9.17) is 4.74 Å². The number of nitrogens with one attached hydrogen (secondary N) is 1. The zero-order valence-electron chi connectivity index (χ0n) is 14.1. The minimum atomic E-state index is -0.428. The van der Waals surface area contributed by atoms with Crippen molar-refractivity contribution >= 4 is 23.6 Å². The van der Waals surface area contributed by atoms with Crippen LogP contribution >= 0.6 is 11.8 Å². The number of thioether (sulfide) groups is 1. The summed E-state index contributed by atoms with van der Waals surface area (Å²) in [5.41, 5.74) is 1.13. The third-order valence-electron chi connectivity index (χ3n) is 3.49. The predicted molar refractivity (Wildman–Crippen MR) is 92.3 cm³/mol. The number of rotatable bonds is 4. The number of benzene rings is 1. The molecule has 0 aliphatic carbocycles. The van der Waals surface area contributed by atoms with Crippen LogP contribution in [-0.4, -0.2) is 47.0 Å². The zero-order valence-corrected chi connectivity index (χ0v) is 14.9. The number of carbonyl (C=O) groups excluding carboxylic acids is 2. The lowest BCUT2D eigenvalue weighted by atomic mass is 10.1. The standard InChI is InChI=1S/C17H24N2O3S/c1-17(2,3)18-15(20)14-10-23-11-19(14)16(21)13-8-6-5-7-12(13)9-22-4/h5-8,14H,9-11H2,1-4H3,(H,18,20). The highest BCUT2D eigenvalue weighted by Gasteiger charge is 2.36. The van der Waals surface area contributed by atoms with Gasteiger partial charge in [-0.25, -0.2) is 0 Å². The minimum absolute atomic E-state index is 0.0972. The van der Waals surface area contributed by atoms with Crippen LogP contribution in [0.1, 0.15) is 36.7 Å². The van der Waals surface area contributed by atoms with Gasteiger partial charge in [0.1, 0.15) is 6.04 Å². The highest BCUT2D eigenvalue weighted by atomic mass is 32.2. The van der Waals surface area contributed by atoms with Crippen molar-refractivity contribution in [1.82, 2.24) is 10.2 Å². The fraction of sp³-hybridized carbons (Fsp3) is 0.529. The number of ether oxygens (including phenoxy) is 1. The number of methoxy groups -OCH3 is 1. The van der Waals surface area contributed by atoms with Gasteiger partial charge in [-0.05, 0) is 32.4 Å². The summed E-state index contributed by atoms with van der Waals surface area (Å²) in [4.78, 5) is 27.0. The molecule has 1 aromatic rings. The number of hydrogen-bond acceptors (Lipinski definition) is 4. The molecule has 1 unspecified atom stereocenters. The van der Waals surface area contributed by atoms with E-state index in [9.17, 15) is 9.59 Å². The molecule has 0 spiro atoms.